The largest absolute Gasteiger partial charge is 0.373 e. The molecule has 0 amide bonds. The van der Waals surface area contributed by atoms with E-state index in [-0.39, 0.29) is 11.5 Å². The van der Waals surface area contributed by atoms with Crippen molar-refractivity contribution in [3.05, 3.63) is 11.7 Å². The van der Waals surface area contributed by atoms with E-state index in [1.165, 1.54) is 12.8 Å². The van der Waals surface area contributed by atoms with Crippen molar-refractivity contribution in [3.63, 3.8) is 0 Å². The number of nitrogens with two attached hydrogens (primary N) is 1. The smallest absolute Gasteiger partial charge is 0.234 e. The van der Waals surface area contributed by atoms with Crippen LogP contribution in [0.2, 0.25) is 0 Å². The van der Waals surface area contributed by atoms with Gasteiger partial charge in [-0.15, -0.1) is 0 Å². The van der Waals surface area contributed by atoms with Gasteiger partial charge in [0, 0.05) is 13.7 Å². The molecule has 1 aliphatic carbocycles. The molecule has 0 aromatic carbocycles. The van der Waals surface area contributed by atoms with Gasteiger partial charge in [0.15, 0.2) is 0 Å². The number of ether oxygens (including phenoxy) is 1. The molecule has 0 saturated heterocycles. The van der Waals surface area contributed by atoms with Crippen LogP contribution in [0.15, 0.2) is 4.52 Å². The maximum Gasteiger partial charge on any atom is 0.234 e. The van der Waals surface area contributed by atoms with Crippen LogP contribution in [-0.4, -0.2) is 23.8 Å². The first-order valence-electron chi connectivity index (χ1n) is 6.32. The van der Waals surface area contributed by atoms with E-state index in [0.717, 1.165) is 19.3 Å². The molecule has 1 heterocycles. The second-order valence-corrected chi connectivity index (χ2v) is 4.78. The monoisotopic (exact) mass is 239 g/mol. The molecule has 96 valence electrons. The molecule has 0 spiro atoms. The number of hydrogen-bond acceptors (Lipinski definition) is 5. The molecule has 1 unspecified atom stereocenters. The molecule has 0 radical (unpaired) electrons. The average Bonchev–Trinajstić information content (AvgIpc) is 2.99. The van der Waals surface area contributed by atoms with Gasteiger partial charge in [0.2, 0.25) is 11.7 Å². The Balaban J connectivity index is 2.22. The van der Waals surface area contributed by atoms with Crippen LogP contribution in [0.25, 0.3) is 0 Å². The van der Waals surface area contributed by atoms with Crippen molar-refractivity contribution in [1.29, 1.82) is 0 Å². The van der Waals surface area contributed by atoms with Crippen molar-refractivity contribution < 1.29 is 9.26 Å². The molecule has 0 bridgehead atoms. The number of rotatable bonds is 5. The SMILES string of the molecule is CCC(OC)c1noc(C2(CN)CCCC2)n1. The predicted octanol–water partition coefficient (Wildman–Crippen LogP) is 1.94. The molecule has 17 heavy (non-hydrogen) atoms. The van der Waals surface area contributed by atoms with Crippen molar-refractivity contribution >= 4 is 0 Å². The molecule has 1 atom stereocenters. The quantitative estimate of drug-likeness (QED) is 0.850. The number of aromatic nitrogens is 2. The Hall–Kier alpha value is -0.940. The summed E-state index contributed by atoms with van der Waals surface area (Å²) in [6, 6.07) is 0. The maximum absolute atomic E-state index is 5.89. The van der Waals surface area contributed by atoms with E-state index in [9.17, 15) is 0 Å². The minimum absolute atomic E-state index is 0.0799. The molecule has 1 aliphatic rings. The van der Waals surface area contributed by atoms with E-state index >= 15 is 0 Å². The lowest BCUT2D eigenvalue weighted by atomic mass is 9.86. The van der Waals surface area contributed by atoms with Gasteiger partial charge in [-0.25, -0.2) is 0 Å². The summed E-state index contributed by atoms with van der Waals surface area (Å²) < 4.78 is 10.7. The van der Waals surface area contributed by atoms with Crippen LogP contribution in [0.1, 0.15) is 56.8 Å². The summed E-state index contributed by atoms with van der Waals surface area (Å²) in [5.74, 6) is 1.34. The van der Waals surface area contributed by atoms with Crippen molar-refractivity contribution in [2.75, 3.05) is 13.7 Å². The normalized spacial score (nSPS) is 20.6. The summed E-state index contributed by atoms with van der Waals surface area (Å²) >= 11 is 0. The summed E-state index contributed by atoms with van der Waals surface area (Å²) in [5.41, 5.74) is 5.81. The van der Waals surface area contributed by atoms with Crippen molar-refractivity contribution in [2.24, 2.45) is 5.73 Å². The Morgan fingerprint density at radius 1 is 1.47 bits per heavy atom. The highest BCUT2D eigenvalue weighted by Crippen LogP contribution is 2.39. The van der Waals surface area contributed by atoms with E-state index in [1.54, 1.807) is 7.11 Å². The second kappa shape index (κ2) is 5.14. The Labute approximate surface area is 102 Å². The first-order valence-corrected chi connectivity index (χ1v) is 6.32. The fraction of sp³-hybridized carbons (Fsp3) is 0.833. The van der Waals surface area contributed by atoms with Crippen molar-refractivity contribution in [1.82, 2.24) is 10.1 Å². The molecule has 5 heteroatoms. The van der Waals surface area contributed by atoms with E-state index in [1.807, 2.05) is 6.92 Å². The van der Waals surface area contributed by atoms with Gasteiger partial charge in [-0.05, 0) is 19.3 Å². The Bertz CT molecular complexity index is 354. The lowest BCUT2D eigenvalue weighted by Crippen LogP contribution is -2.32. The second-order valence-electron chi connectivity index (χ2n) is 4.78. The van der Waals surface area contributed by atoms with Crippen LogP contribution >= 0.6 is 0 Å². The van der Waals surface area contributed by atoms with Gasteiger partial charge in [0.1, 0.15) is 6.10 Å². The van der Waals surface area contributed by atoms with Gasteiger partial charge in [-0.1, -0.05) is 24.9 Å². The molecule has 2 N–H and O–H groups in total. The highest BCUT2D eigenvalue weighted by atomic mass is 16.5. The van der Waals surface area contributed by atoms with E-state index < -0.39 is 0 Å². The van der Waals surface area contributed by atoms with Gasteiger partial charge in [-0.3, -0.25) is 0 Å². The van der Waals surface area contributed by atoms with Crippen LogP contribution < -0.4 is 5.73 Å². The summed E-state index contributed by atoms with van der Waals surface area (Å²) in [5, 5.41) is 4.03. The lowest BCUT2D eigenvalue weighted by molar-refractivity contribution is 0.0903. The topological polar surface area (TPSA) is 74.2 Å². The van der Waals surface area contributed by atoms with Crippen molar-refractivity contribution in [2.45, 2.75) is 50.5 Å². The third-order valence-electron chi connectivity index (χ3n) is 3.79. The molecule has 5 nitrogen and oxygen atoms in total. The molecular formula is C12H21N3O2. The zero-order chi connectivity index (χ0) is 12.3. The Kier molecular flexibility index (Phi) is 3.79. The number of methoxy groups -OCH3 is 1. The molecule has 0 aliphatic heterocycles. The summed E-state index contributed by atoms with van der Waals surface area (Å²) in [4.78, 5) is 4.49. The molecule has 1 fully saturated rings. The Morgan fingerprint density at radius 3 is 2.71 bits per heavy atom. The zero-order valence-electron chi connectivity index (χ0n) is 10.6. The molecule has 1 aromatic rings. The highest BCUT2D eigenvalue weighted by molar-refractivity contribution is 5.09. The maximum atomic E-state index is 5.89. The van der Waals surface area contributed by atoms with Crippen LogP contribution in [0.4, 0.5) is 0 Å². The minimum Gasteiger partial charge on any atom is -0.373 e. The van der Waals surface area contributed by atoms with Crippen LogP contribution in [0.3, 0.4) is 0 Å². The molecule has 2 rings (SSSR count). The zero-order valence-corrected chi connectivity index (χ0v) is 10.6. The van der Waals surface area contributed by atoms with Gasteiger partial charge in [-0.2, -0.15) is 4.98 Å². The first-order chi connectivity index (χ1) is 8.25. The molecule has 1 aromatic heterocycles. The predicted molar refractivity (Wildman–Crippen MR) is 63.5 cm³/mol. The third-order valence-corrected chi connectivity index (χ3v) is 3.79. The highest BCUT2D eigenvalue weighted by Gasteiger charge is 2.40. The summed E-state index contributed by atoms with van der Waals surface area (Å²) in [7, 11) is 1.67. The van der Waals surface area contributed by atoms with Crippen LogP contribution in [0, 0.1) is 0 Å². The number of hydrogen-bond donors (Lipinski definition) is 1. The standard InChI is InChI=1S/C12H21N3O2/c1-3-9(16-2)10-14-11(17-15-10)12(8-13)6-4-5-7-12/h9H,3-8,13H2,1-2H3. The van der Waals surface area contributed by atoms with Crippen molar-refractivity contribution in [3.8, 4) is 0 Å². The van der Waals surface area contributed by atoms with Crippen LogP contribution in [-0.2, 0) is 10.2 Å². The van der Waals surface area contributed by atoms with E-state index in [4.69, 9.17) is 15.0 Å². The van der Waals surface area contributed by atoms with Gasteiger partial charge >= 0.3 is 0 Å². The fourth-order valence-electron chi connectivity index (χ4n) is 2.59. The first kappa shape index (κ1) is 12.5. The molecule has 1 saturated carbocycles. The summed E-state index contributed by atoms with van der Waals surface area (Å²) in [6.45, 7) is 2.62. The number of nitrogens with zero attached hydrogens (tertiary/aromatic N) is 2. The van der Waals surface area contributed by atoms with E-state index in [2.05, 4.69) is 10.1 Å². The van der Waals surface area contributed by atoms with Gasteiger partial charge in [0.05, 0.1) is 5.41 Å². The Morgan fingerprint density at radius 2 is 2.18 bits per heavy atom. The lowest BCUT2D eigenvalue weighted by Gasteiger charge is -2.21. The van der Waals surface area contributed by atoms with Gasteiger partial charge in [0.25, 0.3) is 0 Å². The van der Waals surface area contributed by atoms with Gasteiger partial charge < -0.3 is 15.0 Å². The van der Waals surface area contributed by atoms with E-state index in [0.29, 0.717) is 18.3 Å². The molecular weight excluding hydrogens is 218 g/mol. The fourth-order valence-corrected chi connectivity index (χ4v) is 2.59. The summed E-state index contributed by atoms with van der Waals surface area (Å²) in [6.07, 6.45) is 5.24. The minimum atomic E-state index is -0.0860. The third kappa shape index (κ3) is 2.21. The van der Waals surface area contributed by atoms with Crippen LogP contribution in [0.5, 0.6) is 0 Å². The average molecular weight is 239 g/mol.